The van der Waals surface area contributed by atoms with Gasteiger partial charge in [-0.05, 0) is 69.6 Å². The molecule has 4 rings (SSSR count). The van der Waals surface area contributed by atoms with Crippen LogP contribution in [0.25, 0.3) is 0 Å². The number of carbonyl (C=O) groups is 1. The zero-order valence-electron chi connectivity index (χ0n) is 13.4. The van der Waals surface area contributed by atoms with Crippen molar-refractivity contribution in [3.05, 3.63) is 0 Å². The molecule has 0 saturated heterocycles. The van der Waals surface area contributed by atoms with Crippen LogP contribution in [0.5, 0.6) is 0 Å². The summed E-state index contributed by atoms with van der Waals surface area (Å²) in [7, 11) is -3.54. The summed E-state index contributed by atoms with van der Waals surface area (Å²) in [6, 6.07) is -0.216. The van der Waals surface area contributed by atoms with E-state index in [0.717, 1.165) is 11.8 Å². The monoisotopic (exact) mass is 330 g/mol. The van der Waals surface area contributed by atoms with Gasteiger partial charge in [0, 0.05) is 6.04 Å². The molecule has 0 aromatic carbocycles. The quantitative estimate of drug-likeness (QED) is 0.733. The van der Waals surface area contributed by atoms with Gasteiger partial charge >= 0.3 is 13.8 Å². The molecule has 0 aliphatic heterocycles. The number of carbonyl (C=O) groups excluding carboxylic acids is 1. The predicted octanol–water partition coefficient (Wildman–Crippen LogP) is 3.29. The number of nitrogens with one attached hydrogen (secondary N) is 2. The fraction of sp³-hybridized carbons (Fsp3) is 0.933. The molecule has 2 amide bonds. The summed E-state index contributed by atoms with van der Waals surface area (Å²) in [4.78, 5) is 12.2. The molecule has 0 atom stereocenters. The van der Waals surface area contributed by atoms with E-state index >= 15 is 0 Å². The Bertz CT molecular complexity index is 432. The van der Waals surface area contributed by atoms with E-state index in [1.54, 1.807) is 13.8 Å². The highest BCUT2D eigenvalue weighted by Crippen LogP contribution is 2.53. The van der Waals surface area contributed by atoms with Gasteiger partial charge in [0.15, 0.2) is 0 Å². The standard InChI is InChI=1S/C15H27N2O4P/c1-3-20-22(19,21-4-2)17-15(18)16-14-12-6-10-5-11(8-12)9-13(14)7-10/h10-14H,3-9H2,1-2H3,(H2,16,17,18,19). The van der Waals surface area contributed by atoms with Crippen LogP contribution < -0.4 is 10.4 Å². The van der Waals surface area contributed by atoms with Gasteiger partial charge in [-0.1, -0.05) is 0 Å². The maximum Gasteiger partial charge on any atom is 0.436 e. The predicted molar refractivity (Wildman–Crippen MR) is 83.4 cm³/mol. The molecule has 0 unspecified atom stereocenters. The second-order valence-corrected chi connectivity index (χ2v) is 8.61. The van der Waals surface area contributed by atoms with Crippen molar-refractivity contribution in [1.29, 1.82) is 0 Å². The molecule has 4 saturated carbocycles. The van der Waals surface area contributed by atoms with E-state index in [1.807, 2.05) is 0 Å². The molecule has 0 aromatic heterocycles. The zero-order chi connectivity index (χ0) is 15.7. The van der Waals surface area contributed by atoms with E-state index in [9.17, 15) is 9.36 Å². The second kappa shape index (κ2) is 6.50. The summed E-state index contributed by atoms with van der Waals surface area (Å²) in [5.74, 6) is 2.89. The topological polar surface area (TPSA) is 76.7 Å². The Morgan fingerprint density at radius 1 is 1.00 bits per heavy atom. The Morgan fingerprint density at radius 2 is 1.50 bits per heavy atom. The Balaban J connectivity index is 1.58. The van der Waals surface area contributed by atoms with Gasteiger partial charge in [-0.15, -0.1) is 0 Å². The Morgan fingerprint density at radius 3 is 1.95 bits per heavy atom. The maximum absolute atomic E-state index is 12.4. The first-order valence-corrected chi connectivity index (χ1v) is 10.0. The molecule has 0 radical (unpaired) electrons. The molecule has 4 aliphatic carbocycles. The van der Waals surface area contributed by atoms with E-state index in [1.165, 1.54) is 32.1 Å². The van der Waals surface area contributed by atoms with Crippen LogP contribution in [0, 0.1) is 23.7 Å². The minimum Gasteiger partial charge on any atom is -0.334 e. The molecule has 126 valence electrons. The molecule has 0 aromatic rings. The average molecular weight is 330 g/mol. The molecule has 4 bridgehead atoms. The first kappa shape index (κ1) is 16.3. The lowest BCUT2D eigenvalue weighted by molar-refractivity contribution is -0.00929. The zero-order valence-corrected chi connectivity index (χ0v) is 14.3. The van der Waals surface area contributed by atoms with Gasteiger partial charge in [0.2, 0.25) is 0 Å². The average Bonchev–Trinajstić information content (AvgIpc) is 2.42. The van der Waals surface area contributed by atoms with Crippen LogP contribution in [0.2, 0.25) is 0 Å². The van der Waals surface area contributed by atoms with Gasteiger partial charge in [0.05, 0.1) is 13.2 Å². The first-order chi connectivity index (χ1) is 10.5. The summed E-state index contributed by atoms with van der Waals surface area (Å²) >= 11 is 0. The van der Waals surface area contributed by atoms with Crippen molar-refractivity contribution >= 4 is 13.8 Å². The molecule has 0 spiro atoms. The minimum absolute atomic E-state index is 0.213. The van der Waals surface area contributed by atoms with Gasteiger partial charge in [-0.2, -0.15) is 0 Å². The number of amides is 2. The van der Waals surface area contributed by atoms with Crippen LogP contribution in [0.1, 0.15) is 46.0 Å². The first-order valence-electron chi connectivity index (χ1n) is 8.50. The molecule has 6 nitrogen and oxygen atoms in total. The van der Waals surface area contributed by atoms with Gasteiger partial charge in [0.25, 0.3) is 0 Å². The van der Waals surface area contributed by atoms with E-state index < -0.39 is 13.8 Å². The van der Waals surface area contributed by atoms with Gasteiger partial charge in [0.1, 0.15) is 0 Å². The summed E-state index contributed by atoms with van der Waals surface area (Å²) in [6.45, 7) is 3.91. The maximum atomic E-state index is 12.4. The van der Waals surface area contributed by atoms with Gasteiger partial charge in [-0.25, -0.2) is 14.4 Å². The summed E-state index contributed by atoms with van der Waals surface area (Å²) < 4.78 is 22.6. The van der Waals surface area contributed by atoms with Crippen LogP contribution in [0.15, 0.2) is 0 Å². The molecular weight excluding hydrogens is 303 g/mol. The minimum atomic E-state index is -3.54. The lowest BCUT2D eigenvalue weighted by Crippen LogP contribution is -2.57. The SMILES string of the molecule is CCOP(=O)(NC(=O)NC1C2CC3CC(C2)CC1C3)OCC. The second-order valence-electron chi connectivity index (χ2n) is 6.87. The van der Waals surface area contributed by atoms with E-state index in [0.29, 0.717) is 11.8 Å². The Hall–Kier alpha value is -0.580. The lowest BCUT2D eigenvalue weighted by Gasteiger charge is -2.54. The molecule has 4 aliphatic rings. The van der Waals surface area contributed by atoms with E-state index in [-0.39, 0.29) is 19.3 Å². The fourth-order valence-electron chi connectivity index (χ4n) is 4.91. The van der Waals surface area contributed by atoms with Crippen molar-refractivity contribution in [1.82, 2.24) is 10.4 Å². The molecule has 7 heteroatoms. The summed E-state index contributed by atoms with van der Waals surface area (Å²) in [5, 5.41) is 5.47. The summed E-state index contributed by atoms with van der Waals surface area (Å²) in [6.07, 6.45) is 6.30. The molecule has 22 heavy (non-hydrogen) atoms. The van der Waals surface area contributed by atoms with Crippen LogP contribution >= 0.6 is 7.75 Å². The number of hydrogen-bond donors (Lipinski definition) is 2. The summed E-state index contributed by atoms with van der Waals surface area (Å²) in [5.41, 5.74) is 0. The van der Waals surface area contributed by atoms with Crippen molar-refractivity contribution in [2.24, 2.45) is 23.7 Å². The van der Waals surface area contributed by atoms with E-state index in [4.69, 9.17) is 9.05 Å². The number of hydrogen-bond acceptors (Lipinski definition) is 4. The van der Waals surface area contributed by atoms with Crippen LogP contribution in [-0.4, -0.2) is 25.3 Å². The third kappa shape index (κ3) is 3.34. The van der Waals surface area contributed by atoms with Crippen molar-refractivity contribution in [3.8, 4) is 0 Å². The van der Waals surface area contributed by atoms with Crippen molar-refractivity contribution in [2.75, 3.05) is 13.2 Å². The highest BCUT2D eigenvalue weighted by Gasteiger charge is 2.48. The van der Waals surface area contributed by atoms with Crippen LogP contribution in [0.4, 0.5) is 4.79 Å². The smallest absolute Gasteiger partial charge is 0.334 e. The van der Waals surface area contributed by atoms with Crippen LogP contribution in [-0.2, 0) is 13.6 Å². The largest absolute Gasteiger partial charge is 0.436 e. The Labute approximate surface area is 132 Å². The van der Waals surface area contributed by atoms with Gasteiger partial charge in [-0.3, -0.25) is 9.05 Å². The molecule has 2 N–H and O–H groups in total. The van der Waals surface area contributed by atoms with E-state index in [2.05, 4.69) is 10.4 Å². The molecule has 0 heterocycles. The Kier molecular flexibility index (Phi) is 4.81. The third-order valence-electron chi connectivity index (χ3n) is 5.36. The lowest BCUT2D eigenvalue weighted by atomic mass is 9.54. The van der Waals surface area contributed by atoms with Crippen molar-refractivity contribution < 1.29 is 18.4 Å². The van der Waals surface area contributed by atoms with Gasteiger partial charge < -0.3 is 5.32 Å². The number of urea groups is 1. The normalized spacial score (nSPS) is 36.4. The van der Waals surface area contributed by atoms with Crippen molar-refractivity contribution in [2.45, 2.75) is 52.0 Å². The van der Waals surface area contributed by atoms with Crippen molar-refractivity contribution in [3.63, 3.8) is 0 Å². The van der Waals surface area contributed by atoms with Crippen LogP contribution in [0.3, 0.4) is 0 Å². The number of rotatable bonds is 6. The third-order valence-corrected chi connectivity index (χ3v) is 7.03. The highest BCUT2D eigenvalue weighted by molar-refractivity contribution is 7.52. The highest BCUT2D eigenvalue weighted by atomic mass is 31.2. The molecule has 4 fully saturated rings. The molecular formula is C15H27N2O4P. The fourth-order valence-corrected chi connectivity index (χ4v) is 6.11.